The molecule has 1 aromatic carbocycles. The van der Waals surface area contributed by atoms with E-state index in [9.17, 15) is 9.59 Å². The molecule has 2 heterocycles. The molecular formula is C22H31N5O3. The highest BCUT2D eigenvalue weighted by atomic mass is 16.5. The van der Waals surface area contributed by atoms with E-state index in [0.29, 0.717) is 43.7 Å². The van der Waals surface area contributed by atoms with Crippen molar-refractivity contribution >= 4 is 11.8 Å². The number of benzene rings is 1. The van der Waals surface area contributed by atoms with Crippen molar-refractivity contribution in [3.05, 3.63) is 35.7 Å². The topological polar surface area (TPSA) is 91.6 Å². The Bertz CT molecular complexity index is 839. The number of carbonyl (C=O) groups excluding carboxylic acids is 2. The van der Waals surface area contributed by atoms with Crippen LogP contribution in [0.1, 0.15) is 38.1 Å². The molecular weight excluding hydrogens is 382 g/mol. The summed E-state index contributed by atoms with van der Waals surface area (Å²) >= 11 is 0. The molecule has 1 fully saturated rings. The maximum Gasteiger partial charge on any atom is 0.242 e. The van der Waals surface area contributed by atoms with Gasteiger partial charge in [0.15, 0.2) is 0 Å². The van der Waals surface area contributed by atoms with Crippen molar-refractivity contribution in [1.29, 1.82) is 0 Å². The molecule has 0 spiro atoms. The molecule has 0 saturated carbocycles. The number of aromatic nitrogens is 2. The molecule has 1 N–H and O–H groups in total. The van der Waals surface area contributed by atoms with Gasteiger partial charge in [0, 0.05) is 38.2 Å². The molecule has 3 rings (SSSR count). The van der Waals surface area contributed by atoms with Crippen LogP contribution in [0, 0.1) is 12.8 Å². The molecule has 1 saturated heterocycles. The molecule has 162 valence electrons. The number of hydrogen-bond donors (Lipinski definition) is 1. The van der Waals surface area contributed by atoms with Crippen molar-refractivity contribution in [1.82, 2.24) is 25.3 Å². The number of carbonyl (C=O) groups is 2. The maximum atomic E-state index is 12.3. The van der Waals surface area contributed by atoms with E-state index in [4.69, 9.17) is 4.52 Å². The van der Waals surface area contributed by atoms with Crippen molar-refractivity contribution in [2.24, 2.45) is 5.92 Å². The Morgan fingerprint density at radius 3 is 2.50 bits per heavy atom. The largest absolute Gasteiger partial charge is 0.347 e. The van der Waals surface area contributed by atoms with Gasteiger partial charge in [0.2, 0.25) is 23.5 Å². The molecule has 0 unspecified atom stereocenters. The van der Waals surface area contributed by atoms with E-state index in [1.165, 1.54) is 5.56 Å². The summed E-state index contributed by atoms with van der Waals surface area (Å²) in [5.41, 5.74) is 2.12. The standard InChI is InChI=1S/C22H31N5O3/c1-16(2)4-9-19(28)23-14-21(29)27-12-10-26(11-13-27)15-20-24-22(25-30-20)18-7-5-17(3)6-8-18/h5-8,16H,4,9-15H2,1-3H3,(H,23,28). The van der Waals surface area contributed by atoms with Crippen LogP contribution in [-0.4, -0.2) is 64.5 Å². The Morgan fingerprint density at radius 2 is 1.83 bits per heavy atom. The van der Waals surface area contributed by atoms with Crippen LogP contribution in [0.2, 0.25) is 0 Å². The Hall–Kier alpha value is -2.74. The summed E-state index contributed by atoms with van der Waals surface area (Å²) in [7, 11) is 0. The van der Waals surface area contributed by atoms with Crippen LogP contribution in [0.15, 0.2) is 28.8 Å². The summed E-state index contributed by atoms with van der Waals surface area (Å²) in [6.07, 6.45) is 1.30. The third-order valence-electron chi connectivity index (χ3n) is 5.25. The van der Waals surface area contributed by atoms with E-state index in [1.54, 1.807) is 4.90 Å². The Labute approximate surface area is 177 Å². The first kappa shape index (κ1) is 22.0. The molecule has 8 heteroatoms. The van der Waals surface area contributed by atoms with Crippen LogP contribution in [0.5, 0.6) is 0 Å². The van der Waals surface area contributed by atoms with Gasteiger partial charge in [-0.3, -0.25) is 14.5 Å². The predicted molar refractivity (Wildman–Crippen MR) is 113 cm³/mol. The Balaban J connectivity index is 1.41. The van der Waals surface area contributed by atoms with Gasteiger partial charge in [-0.25, -0.2) is 0 Å². The highest BCUT2D eigenvalue weighted by molar-refractivity contribution is 5.84. The second kappa shape index (κ2) is 10.3. The van der Waals surface area contributed by atoms with Crippen LogP contribution in [0.3, 0.4) is 0 Å². The van der Waals surface area contributed by atoms with E-state index in [1.807, 2.05) is 31.2 Å². The summed E-state index contributed by atoms with van der Waals surface area (Å²) in [4.78, 5) is 32.6. The lowest BCUT2D eigenvalue weighted by atomic mass is 10.1. The third-order valence-corrected chi connectivity index (χ3v) is 5.25. The number of nitrogens with zero attached hydrogens (tertiary/aromatic N) is 4. The molecule has 1 aliphatic heterocycles. The average molecular weight is 414 g/mol. The van der Waals surface area contributed by atoms with Crippen LogP contribution in [-0.2, 0) is 16.1 Å². The lowest BCUT2D eigenvalue weighted by Gasteiger charge is -2.34. The Morgan fingerprint density at radius 1 is 1.13 bits per heavy atom. The van der Waals surface area contributed by atoms with Crippen LogP contribution in [0.25, 0.3) is 11.4 Å². The lowest BCUT2D eigenvalue weighted by molar-refractivity contribution is -0.134. The van der Waals surface area contributed by atoms with Gasteiger partial charge >= 0.3 is 0 Å². The van der Waals surface area contributed by atoms with Crippen LogP contribution >= 0.6 is 0 Å². The summed E-state index contributed by atoms with van der Waals surface area (Å²) < 4.78 is 5.40. The van der Waals surface area contributed by atoms with Crippen molar-refractivity contribution in [3.63, 3.8) is 0 Å². The van der Waals surface area contributed by atoms with E-state index in [-0.39, 0.29) is 18.4 Å². The normalized spacial score (nSPS) is 14.9. The fourth-order valence-electron chi connectivity index (χ4n) is 3.28. The molecule has 30 heavy (non-hydrogen) atoms. The first-order chi connectivity index (χ1) is 14.4. The zero-order valence-electron chi connectivity index (χ0n) is 18.1. The number of amides is 2. The molecule has 1 aromatic heterocycles. The van der Waals surface area contributed by atoms with Crippen LogP contribution in [0.4, 0.5) is 0 Å². The van der Waals surface area contributed by atoms with Crippen molar-refractivity contribution in [2.45, 2.75) is 40.2 Å². The van der Waals surface area contributed by atoms with Crippen molar-refractivity contribution in [3.8, 4) is 11.4 Å². The smallest absolute Gasteiger partial charge is 0.242 e. The molecule has 0 atom stereocenters. The molecule has 1 aliphatic rings. The monoisotopic (exact) mass is 413 g/mol. The third kappa shape index (κ3) is 6.38. The van der Waals surface area contributed by atoms with E-state index < -0.39 is 0 Å². The second-order valence-electron chi connectivity index (χ2n) is 8.24. The van der Waals surface area contributed by atoms with Gasteiger partial charge in [0.05, 0.1) is 13.1 Å². The molecule has 8 nitrogen and oxygen atoms in total. The molecule has 0 aliphatic carbocycles. The summed E-state index contributed by atoms with van der Waals surface area (Å²) in [6, 6.07) is 8.01. The van der Waals surface area contributed by atoms with E-state index in [0.717, 1.165) is 25.1 Å². The molecule has 2 aromatic rings. The minimum atomic E-state index is -0.0588. The van der Waals surface area contributed by atoms with Gasteiger partial charge < -0.3 is 14.7 Å². The maximum absolute atomic E-state index is 12.3. The van der Waals surface area contributed by atoms with Crippen LogP contribution < -0.4 is 5.32 Å². The summed E-state index contributed by atoms with van der Waals surface area (Å²) in [5, 5.41) is 6.80. The minimum Gasteiger partial charge on any atom is -0.347 e. The number of hydrogen-bond acceptors (Lipinski definition) is 6. The lowest BCUT2D eigenvalue weighted by Crippen LogP contribution is -2.50. The quantitative estimate of drug-likeness (QED) is 0.714. The van der Waals surface area contributed by atoms with E-state index in [2.05, 4.69) is 34.2 Å². The summed E-state index contributed by atoms with van der Waals surface area (Å²) in [6.45, 7) is 9.54. The van der Waals surface area contributed by atoms with Crippen molar-refractivity contribution < 1.29 is 14.1 Å². The predicted octanol–water partition coefficient (Wildman–Crippen LogP) is 2.24. The minimum absolute atomic E-state index is 0.0352. The number of piperazine rings is 1. The first-order valence-corrected chi connectivity index (χ1v) is 10.6. The first-order valence-electron chi connectivity index (χ1n) is 10.6. The number of aryl methyl sites for hydroxylation is 1. The highest BCUT2D eigenvalue weighted by Crippen LogP contribution is 2.17. The van der Waals surface area contributed by atoms with Gasteiger partial charge in [-0.05, 0) is 19.3 Å². The number of rotatable bonds is 8. The van der Waals surface area contributed by atoms with E-state index >= 15 is 0 Å². The molecule has 0 bridgehead atoms. The average Bonchev–Trinajstić information content (AvgIpc) is 3.20. The van der Waals surface area contributed by atoms with Gasteiger partial charge in [-0.15, -0.1) is 0 Å². The zero-order chi connectivity index (χ0) is 21.5. The Kier molecular flexibility index (Phi) is 7.57. The van der Waals surface area contributed by atoms with Gasteiger partial charge in [-0.2, -0.15) is 4.98 Å². The van der Waals surface area contributed by atoms with Gasteiger partial charge in [0.25, 0.3) is 0 Å². The fourth-order valence-corrected chi connectivity index (χ4v) is 3.28. The SMILES string of the molecule is Cc1ccc(-c2noc(CN3CCN(C(=O)CNC(=O)CCC(C)C)CC3)n2)cc1. The molecule has 0 radical (unpaired) electrons. The summed E-state index contributed by atoms with van der Waals surface area (Å²) in [5.74, 6) is 1.55. The second-order valence-corrected chi connectivity index (χ2v) is 8.24. The number of nitrogens with one attached hydrogen (secondary N) is 1. The van der Waals surface area contributed by atoms with Gasteiger partial charge in [0.1, 0.15) is 0 Å². The molecule has 2 amide bonds. The van der Waals surface area contributed by atoms with Crippen molar-refractivity contribution in [2.75, 3.05) is 32.7 Å². The zero-order valence-corrected chi connectivity index (χ0v) is 18.1. The highest BCUT2D eigenvalue weighted by Gasteiger charge is 2.23. The fraction of sp³-hybridized carbons (Fsp3) is 0.545. The van der Waals surface area contributed by atoms with Gasteiger partial charge in [-0.1, -0.05) is 48.8 Å².